The van der Waals surface area contributed by atoms with Gasteiger partial charge in [-0.3, -0.25) is 0 Å². The lowest BCUT2D eigenvalue weighted by atomic mass is 10.1. The van der Waals surface area contributed by atoms with Crippen LogP contribution in [0.1, 0.15) is 50.7 Å². The van der Waals surface area contributed by atoms with Crippen LogP contribution in [0, 0.1) is 6.92 Å². The van der Waals surface area contributed by atoms with Gasteiger partial charge in [0.1, 0.15) is 0 Å². The molecule has 0 radical (unpaired) electrons. The van der Waals surface area contributed by atoms with Crippen LogP contribution in [-0.2, 0) is 16.6 Å². The van der Waals surface area contributed by atoms with Crippen molar-refractivity contribution in [2.24, 2.45) is 0 Å². The Labute approximate surface area is 128 Å². The van der Waals surface area contributed by atoms with Crippen LogP contribution in [0.5, 0.6) is 0 Å². The van der Waals surface area contributed by atoms with Crippen molar-refractivity contribution in [2.75, 3.05) is 0 Å². The Balaban J connectivity index is 2.18. The molecule has 2 rings (SSSR count). The normalized spacial score (nSPS) is 16.8. The molecule has 0 bridgehead atoms. The van der Waals surface area contributed by atoms with E-state index >= 15 is 0 Å². The van der Waals surface area contributed by atoms with Crippen LogP contribution in [0.15, 0.2) is 23.1 Å². The second-order valence-corrected chi connectivity index (χ2v) is 7.92. The van der Waals surface area contributed by atoms with Gasteiger partial charge in [-0.25, -0.2) is 13.1 Å². The fraction of sp³-hybridized carbons (Fsp3) is 0.625. The Morgan fingerprint density at radius 3 is 2.52 bits per heavy atom. The predicted molar refractivity (Wildman–Crippen MR) is 85.7 cm³/mol. The van der Waals surface area contributed by atoms with E-state index in [0.717, 1.165) is 36.8 Å². The highest BCUT2D eigenvalue weighted by molar-refractivity contribution is 7.89. The lowest BCUT2D eigenvalue weighted by molar-refractivity contribution is 0.551. The second-order valence-electron chi connectivity index (χ2n) is 6.24. The van der Waals surface area contributed by atoms with Gasteiger partial charge in [-0.15, -0.1) is 0 Å². The first-order valence-electron chi connectivity index (χ1n) is 7.74. The molecular weight excluding hydrogens is 284 g/mol. The van der Waals surface area contributed by atoms with Crippen LogP contribution >= 0.6 is 0 Å². The summed E-state index contributed by atoms with van der Waals surface area (Å²) in [4.78, 5) is 0.414. The van der Waals surface area contributed by atoms with Crippen molar-refractivity contribution >= 4 is 10.0 Å². The van der Waals surface area contributed by atoms with Gasteiger partial charge in [0, 0.05) is 18.6 Å². The molecule has 0 aromatic heterocycles. The number of nitrogens with one attached hydrogen (secondary N) is 2. The van der Waals surface area contributed by atoms with Gasteiger partial charge in [-0.1, -0.05) is 38.8 Å². The van der Waals surface area contributed by atoms with Gasteiger partial charge in [-0.05, 0) is 37.0 Å². The van der Waals surface area contributed by atoms with Gasteiger partial charge in [0.15, 0.2) is 0 Å². The fourth-order valence-corrected chi connectivity index (χ4v) is 4.29. The van der Waals surface area contributed by atoms with E-state index in [1.807, 2.05) is 19.1 Å². The summed E-state index contributed by atoms with van der Waals surface area (Å²) >= 11 is 0. The highest BCUT2D eigenvalue weighted by Gasteiger charge is 2.24. The van der Waals surface area contributed by atoms with Crippen molar-refractivity contribution in [3.8, 4) is 0 Å². The average Bonchev–Trinajstić information content (AvgIpc) is 2.89. The van der Waals surface area contributed by atoms with Gasteiger partial charge in [0.05, 0.1) is 4.90 Å². The minimum Gasteiger partial charge on any atom is -0.310 e. The van der Waals surface area contributed by atoms with E-state index in [2.05, 4.69) is 23.9 Å². The zero-order valence-electron chi connectivity index (χ0n) is 13.1. The van der Waals surface area contributed by atoms with Crippen LogP contribution in [0.3, 0.4) is 0 Å². The number of benzene rings is 1. The van der Waals surface area contributed by atoms with Crippen LogP contribution in [-0.4, -0.2) is 20.5 Å². The van der Waals surface area contributed by atoms with Gasteiger partial charge in [0.2, 0.25) is 10.0 Å². The summed E-state index contributed by atoms with van der Waals surface area (Å²) in [6, 6.07) is 6.15. The molecule has 0 saturated heterocycles. The second kappa shape index (κ2) is 6.90. The van der Waals surface area contributed by atoms with E-state index < -0.39 is 10.0 Å². The molecule has 5 heteroatoms. The zero-order chi connectivity index (χ0) is 15.5. The predicted octanol–water partition coefficient (Wildman–Crippen LogP) is 2.71. The first kappa shape index (κ1) is 16.5. The van der Waals surface area contributed by atoms with Gasteiger partial charge in [-0.2, -0.15) is 0 Å². The summed E-state index contributed by atoms with van der Waals surface area (Å²) in [5.41, 5.74) is 1.80. The van der Waals surface area contributed by atoms with Crippen LogP contribution in [0.2, 0.25) is 0 Å². The minimum atomic E-state index is -3.41. The maximum Gasteiger partial charge on any atom is 0.241 e. The smallest absolute Gasteiger partial charge is 0.241 e. The summed E-state index contributed by atoms with van der Waals surface area (Å²) in [6.07, 6.45) is 4.13. The molecular formula is C16H26N2O2S. The first-order valence-corrected chi connectivity index (χ1v) is 9.22. The lowest BCUT2D eigenvalue weighted by Crippen LogP contribution is -2.33. The first-order chi connectivity index (χ1) is 9.88. The lowest BCUT2D eigenvalue weighted by Gasteiger charge is -2.15. The standard InChI is InChI=1S/C16H26N2O2S/c1-12(2)17-11-14-9-8-13(3)16(10-14)21(19,20)18-15-6-4-5-7-15/h8-10,12,15,17-18H,4-7,11H2,1-3H3. The Kier molecular flexibility index (Phi) is 5.41. The Morgan fingerprint density at radius 2 is 1.90 bits per heavy atom. The van der Waals surface area contributed by atoms with E-state index in [4.69, 9.17) is 0 Å². The molecule has 21 heavy (non-hydrogen) atoms. The molecule has 118 valence electrons. The fourth-order valence-electron chi connectivity index (χ4n) is 2.69. The van der Waals surface area contributed by atoms with E-state index in [-0.39, 0.29) is 6.04 Å². The molecule has 4 nitrogen and oxygen atoms in total. The molecule has 1 aliphatic carbocycles. The molecule has 0 amide bonds. The summed E-state index contributed by atoms with van der Waals surface area (Å²) in [6.45, 7) is 6.69. The molecule has 1 fully saturated rings. The number of sulfonamides is 1. The maximum atomic E-state index is 12.6. The molecule has 0 atom stereocenters. The molecule has 0 unspecified atom stereocenters. The van der Waals surface area contributed by atoms with Crippen LogP contribution in [0.4, 0.5) is 0 Å². The maximum absolute atomic E-state index is 12.6. The van der Waals surface area contributed by atoms with Crippen molar-refractivity contribution in [3.63, 3.8) is 0 Å². The molecule has 1 aromatic rings. The quantitative estimate of drug-likeness (QED) is 0.849. The third-order valence-corrected chi connectivity index (χ3v) is 5.60. The number of aryl methyl sites for hydroxylation is 1. The topological polar surface area (TPSA) is 58.2 Å². The minimum absolute atomic E-state index is 0.104. The van der Waals surface area contributed by atoms with Crippen molar-refractivity contribution in [2.45, 2.75) is 70.0 Å². The average molecular weight is 310 g/mol. The number of hydrogen-bond donors (Lipinski definition) is 2. The monoisotopic (exact) mass is 310 g/mol. The highest BCUT2D eigenvalue weighted by atomic mass is 32.2. The van der Waals surface area contributed by atoms with Gasteiger partial charge < -0.3 is 5.32 Å². The summed E-state index contributed by atoms with van der Waals surface area (Å²) < 4.78 is 28.0. The van der Waals surface area contributed by atoms with Crippen molar-refractivity contribution < 1.29 is 8.42 Å². The molecule has 1 aromatic carbocycles. The SMILES string of the molecule is Cc1ccc(CNC(C)C)cc1S(=O)(=O)NC1CCCC1. The Morgan fingerprint density at radius 1 is 1.24 bits per heavy atom. The third kappa shape index (κ3) is 4.53. The molecule has 1 aliphatic rings. The molecule has 0 spiro atoms. The highest BCUT2D eigenvalue weighted by Crippen LogP contribution is 2.22. The van der Waals surface area contributed by atoms with Gasteiger partial charge in [0.25, 0.3) is 0 Å². The van der Waals surface area contributed by atoms with Crippen molar-refractivity contribution in [1.82, 2.24) is 10.0 Å². The van der Waals surface area contributed by atoms with Crippen molar-refractivity contribution in [1.29, 1.82) is 0 Å². The van der Waals surface area contributed by atoms with E-state index in [0.29, 0.717) is 17.5 Å². The van der Waals surface area contributed by atoms with Crippen LogP contribution < -0.4 is 10.0 Å². The van der Waals surface area contributed by atoms with E-state index in [1.54, 1.807) is 6.07 Å². The largest absolute Gasteiger partial charge is 0.310 e. The number of hydrogen-bond acceptors (Lipinski definition) is 3. The zero-order valence-corrected chi connectivity index (χ0v) is 14.0. The Hall–Kier alpha value is -0.910. The van der Waals surface area contributed by atoms with Crippen molar-refractivity contribution in [3.05, 3.63) is 29.3 Å². The molecule has 2 N–H and O–H groups in total. The van der Waals surface area contributed by atoms with Gasteiger partial charge >= 0.3 is 0 Å². The summed E-state index contributed by atoms with van der Waals surface area (Å²) in [5, 5.41) is 3.32. The number of rotatable bonds is 6. The van der Waals surface area contributed by atoms with E-state index in [9.17, 15) is 8.42 Å². The Bertz CT molecular complexity index is 576. The van der Waals surface area contributed by atoms with E-state index in [1.165, 1.54) is 0 Å². The molecule has 0 heterocycles. The summed E-state index contributed by atoms with van der Waals surface area (Å²) in [7, 11) is -3.41. The molecule has 0 aliphatic heterocycles. The third-order valence-electron chi connectivity index (χ3n) is 3.93. The molecule has 1 saturated carbocycles. The van der Waals surface area contributed by atoms with Crippen LogP contribution in [0.25, 0.3) is 0 Å². The summed E-state index contributed by atoms with van der Waals surface area (Å²) in [5.74, 6) is 0.